The van der Waals surface area contributed by atoms with E-state index in [2.05, 4.69) is 14.0 Å². The molecule has 4 nitrogen and oxygen atoms in total. The molecule has 148 valence electrons. The van der Waals surface area contributed by atoms with Crippen LogP contribution in [0.1, 0.15) is 29.7 Å². The Balaban J connectivity index is 1.71. The number of piperidine rings is 1. The van der Waals surface area contributed by atoms with Gasteiger partial charge >= 0.3 is 0 Å². The van der Waals surface area contributed by atoms with Gasteiger partial charge in [0.05, 0.1) is 43.5 Å². The average molecular weight is 415 g/mol. The molecule has 0 spiro atoms. The fourth-order valence-electron chi connectivity index (χ4n) is 4.03. The summed E-state index contributed by atoms with van der Waals surface area (Å²) in [5.41, 5.74) is 2.01. The lowest BCUT2D eigenvalue weighted by atomic mass is 10.1. The van der Waals surface area contributed by atoms with Gasteiger partial charge in [0.1, 0.15) is 4.83 Å². The Hall–Kier alpha value is -1.63. The minimum atomic E-state index is 0.0546. The first kappa shape index (κ1) is 19.7. The number of benzene rings is 1. The van der Waals surface area contributed by atoms with Crippen molar-refractivity contribution in [1.29, 1.82) is 0 Å². The third-order valence-electron chi connectivity index (χ3n) is 5.94. The van der Waals surface area contributed by atoms with Crippen LogP contribution in [0.5, 0.6) is 0 Å². The molecule has 0 amide bonds. The van der Waals surface area contributed by atoms with E-state index in [1.165, 1.54) is 37.2 Å². The van der Waals surface area contributed by atoms with Gasteiger partial charge in [-0.3, -0.25) is 9.36 Å². The maximum Gasteiger partial charge on any atom is 0.267 e. The molecule has 3 aromatic rings. The minimum absolute atomic E-state index is 0.0546. The third-order valence-corrected chi connectivity index (χ3v) is 7.96. The summed E-state index contributed by atoms with van der Waals surface area (Å²) in [6.07, 6.45) is 4.02. The number of hydrogen-bond donors (Lipinski definition) is 0. The lowest BCUT2D eigenvalue weighted by molar-refractivity contribution is -0.911. The summed E-state index contributed by atoms with van der Waals surface area (Å²) >= 11 is 3.35. The molecule has 1 fully saturated rings. The molecule has 1 saturated heterocycles. The number of thiophene rings is 1. The number of nitrogens with zero attached hydrogens (tertiary/aromatic N) is 3. The normalized spacial score (nSPS) is 16.5. The summed E-state index contributed by atoms with van der Waals surface area (Å²) in [7, 11) is 2.37. The van der Waals surface area contributed by atoms with Crippen LogP contribution in [0.3, 0.4) is 0 Å². The second kappa shape index (κ2) is 8.01. The number of likely N-dealkylation sites (tertiary alicyclic amines) is 1. The fourth-order valence-corrected chi connectivity index (χ4v) is 6.30. The molecule has 1 aliphatic heterocycles. The number of rotatable bonds is 5. The second-order valence-electron chi connectivity index (χ2n) is 8.03. The molecule has 3 heterocycles. The van der Waals surface area contributed by atoms with Crippen LogP contribution in [-0.2, 0) is 0 Å². The topological polar surface area (TPSA) is 34.9 Å². The van der Waals surface area contributed by atoms with Gasteiger partial charge in [0.15, 0.2) is 5.16 Å². The highest BCUT2D eigenvalue weighted by Crippen LogP contribution is 2.30. The van der Waals surface area contributed by atoms with Crippen molar-refractivity contribution in [3.05, 3.63) is 51.1 Å². The molecule has 0 unspecified atom stereocenters. The van der Waals surface area contributed by atoms with E-state index < -0.39 is 0 Å². The lowest BCUT2D eigenvalue weighted by Crippen LogP contribution is -2.49. The van der Waals surface area contributed by atoms with Crippen molar-refractivity contribution >= 4 is 33.3 Å². The number of para-hydroxylation sites is 1. The highest BCUT2D eigenvalue weighted by atomic mass is 32.2. The maximum absolute atomic E-state index is 13.4. The van der Waals surface area contributed by atoms with E-state index in [0.717, 1.165) is 43.4 Å². The molecular formula is C22H28N3OS2+. The van der Waals surface area contributed by atoms with Gasteiger partial charge in [0.25, 0.3) is 5.56 Å². The van der Waals surface area contributed by atoms with Crippen LogP contribution in [0.25, 0.3) is 15.9 Å². The number of quaternary nitrogens is 1. The lowest BCUT2D eigenvalue weighted by Gasteiger charge is -2.37. The van der Waals surface area contributed by atoms with Crippen molar-refractivity contribution in [2.24, 2.45) is 0 Å². The zero-order valence-corrected chi connectivity index (χ0v) is 18.5. The second-order valence-corrected chi connectivity index (χ2v) is 10.3. The Bertz CT molecular complexity index is 1030. The van der Waals surface area contributed by atoms with Crippen molar-refractivity contribution in [1.82, 2.24) is 9.55 Å². The van der Waals surface area contributed by atoms with Gasteiger partial charge in [-0.25, -0.2) is 4.98 Å². The SMILES string of the molecule is Cc1sc2nc(SCC[N+]3(C)CCCCC3)n(-c3ccccc3)c(=O)c2c1C. The Morgan fingerprint density at radius 3 is 2.57 bits per heavy atom. The first-order valence-corrected chi connectivity index (χ1v) is 11.8. The predicted octanol–water partition coefficient (Wildman–Crippen LogP) is 4.79. The predicted molar refractivity (Wildman–Crippen MR) is 120 cm³/mol. The molecule has 6 heteroatoms. The molecule has 1 aliphatic rings. The van der Waals surface area contributed by atoms with Crippen LogP contribution in [0.2, 0.25) is 0 Å². The van der Waals surface area contributed by atoms with E-state index in [1.807, 2.05) is 41.8 Å². The van der Waals surface area contributed by atoms with Crippen molar-refractivity contribution in [3.63, 3.8) is 0 Å². The molecule has 1 aromatic carbocycles. The molecular weight excluding hydrogens is 386 g/mol. The van der Waals surface area contributed by atoms with E-state index in [0.29, 0.717) is 0 Å². The summed E-state index contributed by atoms with van der Waals surface area (Å²) in [6, 6.07) is 9.92. The fraction of sp³-hybridized carbons (Fsp3) is 0.455. The Morgan fingerprint density at radius 2 is 1.86 bits per heavy atom. The number of aryl methyl sites for hydroxylation is 2. The van der Waals surface area contributed by atoms with Gasteiger partial charge in [-0.15, -0.1) is 11.3 Å². The van der Waals surface area contributed by atoms with Crippen LogP contribution in [-0.4, -0.2) is 46.5 Å². The van der Waals surface area contributed by atoms with Crippen LogP contribution >= 0.6 is 23.1 Å². The molecule has 0 aliphatic carbocycles. The van der Waals surface area contributed by atoms with Gasteiger partial charge in [0.2, 0.25) is 0 Å². The standard InChI is InChI=1S/C22H28N3OS2/c1-16-17(2)28-20-19(16)21(26)24(18-10-6-4-7-11-18)22(23-20)27-15-14-25(3)12-8-5-9-13-25/h4,6-7,10-11H,5,8-9,12-15H2,1-3H3/q+1. The number of hydrogen-bond acceptors (Lipinski definition) is 4. The van der Waals surface area contributed by atoms with Crippen LogP contribution in [0.15, 0.2) is 40.3 Å². The molecule has 0 saturated carbocycles. The van der Waals surface area contributed by atoms with E-state index in [9.17, 15) is 4.79 Å². The van der Waals surface area contributed by atoms with E-state index in [-0.39, 0.29) is 5.56 Å². The molecule has 2 aromatic heterocycles. The van der Waals surface area contributed by atoms with Gasteiger partial charge < -0.3 is 4.48 Å². The first-order chi connectivity index (χ1) is 13.5. The molecule has 0 radical (unpaired) electrons. The highest BCUT2D eigenvalue weighted by molar-refractivity contribution is 7.99. The largest absolute Gasteiger partial charge is 0.325 e. The zero-order chi connectivity index (χ0) is 19.7. The quantitative estimate of drug-likeness (QED) is 0.342. The molecule has 0 atom stereocenters. The smallest absolute Gasteiger partial charge is 0.267 e. The van der Waals surface area contributed by atoms with Crippen molar-refractivity contribution in [3.8, 4) is 5.69 Å². The van der Waals surface area contributed by atoms with E-state index >= 15 is 0 Å². The Morgan fingerprint density at radius 1 is 1.14 bits per heavy atom. The highest BCUT2D eigenvalue weighted by Gasteiger charge is 2.25. The molecule has 0 N–H and O–H groups in total. The van der Waals surface area contributed by atoms with Crippen LogP contribution in [0.4, 0.5) is 0 Å². The van der Waals surface area contributed by atoms with Gasteiger partial charge in [-0.1, -0.05) is 30.0 Å². The van der Waals surface area contributed by atoms with Gasteiger partial charge in [-0.05, 0) is 50.8 Å². The van der Waals surface area contributed by atoms with E-state index in [4.69, 9.17) is 4.98 Å². The van der Waals surface area contributed by atoms with Crippen molar-refractivity contribution < 1.29 is 4.48 Å². The average Bonchev–Trinajstić information content (AvgIpc) is 2.97. The molecule has 28 heavy (non-hydrogen) atoms. The molecule has 4 rings (SSSR count). The summed E-state index contributed by atoms with van der Waals surface area (Å²) in [6.45, 7) is 7.75. The number of thioether (sulfide) groups is 1. The first-order valence-electron chi connectivity index (χ1n) is 10.0. The van der Waals surface area contributed by atoms with Gasteiger partial charge in [0, 0.05) is 4.88 Å². The summed E-state index contributed by atoms with van der Waals surface area (Å²) < 4.78 is 2.95. The zero-order valence-electron chi connectivity index (χ0n) is 16.9. The Labute approximate surface area is 174 Å². The molecule has 0 bridgehead atoms. The number of fused-ring (bicyclic) bond motifs is 1. The van der Waals surface area contributed by atoms with Crippen LogP contribution in [0, 0.1) is 13.8 Å². The summed E-state index contributed by atoms with van der Waals surface area (Å²) in [5.74, 6) is 0.977. The van der Waals surface area contributed by atoms with Gasteiger partial charge in [-0.2, -0.15) is 0 Å². The maximum atomic E-state index is 13.4. The van der Waals surface area contributed by atoms with Crippen molar-refractivity contribution in [2.75, 3.05) is 32.4 Å². The third kappa shape index (κ3) is 3.78. The Kier molecular flexibility index (Phi) is 5.63. The summed E-state index contributed by atoms with van der Waals surface area (Å²) in [4.78, 5) is 20.4. The van der Waals surface area contributed by atoms with E-state index in [1.54, 1.807) is 23.1 Å². The summed E-state index contributed by atoms with van der Waals surface area (Å²) in [5, 5.41) is 1.58. The monoisotopic (exact) mass is 414 g/mol. The minimum Gasteiger partial charge on any atom is -0.325 e. The van der Waals surface area contributed by atoms with Crippen molar-refractivity contribution in [2.45, 2.75) is 38.3 Å². The van der Waals surface area contributed by atoms with Crippen LogP contribution < -0.4 is 5.56 Å². The number of aromatic nitrogens is 2.